The van der Waals surface area contributed by atoms with Crippen LogP contribution >= 0.6 is 0 Å². The largest absolute Gasteiger partial charge is 0.298 e. The first kappa shape index (κ1) is 14.2. The molecule has 0 fully saturated rings. The Morgan fingerprint density at radius 2 is 1.80 bits per heavy atom. The molecule has 3 heteroatoms. The molecule has 0 N–H and O–H groups in total. The summed E-state index contributed by atoms with van der Waals surface area (Å²) in [5, 5.41) is 8.72. The van der Waals surface area contributed by atoms with Crippen molar-refractivity contribution in [1.82, 2.24) is 4.90 Å². The minimum atomic E-state index is -0.320. The maximum atomic E-state index is 13.8. The van der Waals surface area contributed by atoms with Gasteiger partial charge in [0.1, 0.15) is 5.82 Å². The van der Waals surface area contributed by atoms with Crippen LogP contribution in [0.5, 0.6) is 0 Å². The van der Waals surface area contributed by atoms with Crippen LogP contribution in [-0.4, -0.2) is 11.9 Å². The Hall–Kier alpha value is -2.18. The summed E-state index contributed by atoms with van der Waals surface area (Å²) >= 11 is 0. The first-order chi connectivity index (χ1) is 9.58. The van der Waals surface area contributed by atoms with Gasteiger partial charge < -0.3 is 0 Å². The summed E-state index contributed by atoms with van der Waals surface area (Å²) in [7, 11) is 1.96. The number of rotatable bonds is 4. The van der Waals surface area contributed by atoms with Gasteiger partial charge in [-0.05, 0) is 31.7 Å². The molecule has 2 aromatic rings. The number of halogens is 1. The summed E-state index contributed by atoms with van der Waals surface area (Å²) in [6, 6.07) is 14.9. The van der Waals surface area contributed by atoms with E-state index in [1.807, 2.05) is 13.1 Å². The SMILES string of the molecule is Cc1ccc(CN(C)Cc2ccc(C#N)cc2F)cc1. The zero-order chi connectivity index (χ0) is 14.5. The van der Waals surface area contributed by atoms with Crippen LogP contribution in [0.2, 0.25) is 0 Å². The monoisotopic (exact) mass is 268 g/mol. The first-order valence-corrected chi connectivity index (χ1v) is 6.51. The maximum absolute atomic E-state index is 13.8. The molecule has 2 aromatic carbocycles. The molecule has 0 spiro atoms. The average molecular weight is 268 g/mol. The smallest absolute Gasteiger partial charge is 0.129 e. The van der Waals surface area contributed by atoms with E-state index < -0.39 is 0 Å². The number of nitriles is 1. The molecule has 0 bridgehead atoms. The Labute approximate surface area is 119 Å². The topological polar surface area (TPSA) is 27.0 Å². The molecule has 0 saturated carbocycles. The van der Waals surface area contributed by atoms with E-state index in [0.29, 0.717) is 17.7 Å². The van der Waals surface area contributed by atoms with Gasteiger partial charge >= 0.3 is 0 Å². The van der Waals surface area contributed by atoms with E-state index in [2.05, 4.69) is 36.1 Å². The Bertz CT molecular complexity index is 626. The van der Waals surface area contributed by atoms with Gasteiger partial charge in [-0.25, -0.2) is 4.39 Å². The van der Waals surface area contributed by atoms with Crippen molar-refractivity contribution >= 4 is 0 Å². The van der Waals surface area contributed by atoms with Crippen LogP contribution in [0.3, 0.4) is 0 Å². The van der Waals surface area contributed by atoms with Crippen molar-refractivity contribution in [2.45, 2.75) is 20.0 Å². The summed E-state index contributed by atoms with van der Waals surface area (Å²) < 4.78 is 13.8. The predicted octanol–water partition coefficient (Wildman–Crippen LogP) is 3.64. The van der Waals surface area contributed by atoms with Crippen molar-refractivity contribution in [1.29, 1.82) is 5.26 Å². The van der Waals surface area contributed by atoms with Crippen LogP contribution in [0, 0.1) is 24.1 Å². The number of nitrogens with zero attached hydrogens (tertiary/aromatic N) is 2. The molecule has 2 nitrogen and oxygen atoms in total. The third-order valence-corrected chi connectivity index (χ3v) is 3.20. The summed E-state index contributed by atoms with van der Waals surface area (Å²) in [5.41, 5.74) is 3.40. The molecule has 0 saturated heterocycles. The van der Waals surface area contributed by atoms with Crippen molar-refractivity contribution in [3.8, 4) is 6.07 Å². The van der Waals surface area contributed by atoms with Gasteiger partial charge in [0.2, 0.25) is 0 Å². The highest BCUT2D eigenvalue weighted by atomic mass is 19.1. The van der Waals surface area contributed by atoms with Gasteiger partial charge in [0.25, 0.3) is 0 Å². The minimum absolute atomic E-state index is 0.320. The molecule has 0 aromatic heterocycles. The lowest BCUT2D eigenvalue weighted by Gasteiger charge is -2.17. The summed E-state index contributed by atoms with van der Waals surface area (Å²) in [4.78, 5) is 2.05. The molecular formula is C17H17FN2. The molecule has 0 aliphatic carbocycles. The number of hydrogen-bond acceptors (Lipinski definition) is 2. The van der Waals surface area contributed by atoms with Crippen molar-refractivity contribution in [2.75, 3.05) is 7.05 Å². The van der Waals surface area contributed by atoms with E-state index in [9.17, 15) is 4.39 Å². The second-order valence-electron chi connectivity index (χ2n) is 5.08. The average Bonchev–Trinajstić information content (AvgIpc) is 2.43. The quantitative estimate of drug-likeness (QED) is 0.846. The van der Waals surface area contributed by atoms with Crippen LogP contribution in [0.15, 0.2) is 42.5 Å². The molecule has 0 unspecified atom stereocenters. The molecule has 0 atom stereocenters. The van der Waals surface area contributed by atoms with Gasteiger partial charge in [0, 0.05) is 18.7 Å². The van der Waals surface area contributed by atoms with Crippen LogP contribution < -0.4 is 0 Å². The fourth-order valence-electron chi connectivity index (χ4n) is 2.10. The fourth-order valence-corrected chi connectivity index (χ4v) is 2.10. The third-order valence-electron chi connectivity index (χ3n) is 3.20. The zero-order valence-corrected chi connectivity index (χ0v) is 11.7. The highest BCUT2D eigenvalue weighted by Crippen LogP contribution is 2.14. The maximum Gasteiger partial charge on any atom is 0.129 e. The minimum Gasteiger partial charge on any atom is -0.298 e. The Kier molecular flexibility index (Phi) is 4.49. The molecule has 0 radical (unpaired) electrons. The number of hydrogen-bond donors (Lipinski definition) is 0. The van der Waals surface area contributed by atoms with Crippen molar-refractivity contribution < 1.29 is 4.39 Å². The number of benzene rings is 2. The molecular weight excluding hydrogens is 251 g/mol. The summed E-state index contributed by atoms with van der Waals surface area (Å²) in [5.74, 6) is -0.320. The van der Waals surface area contributed by atoms with Gasteiger partial charge in [-0.3, -0.25) is 4.90 Å². The van der Waals surface area contributed by atoms with E-state index >= 15 is 0 Å². The van der Waals surface area contributed by atoms with Crippen LogP contribution in [0.25, 0.3) is 0 Å². The first-order valence-electron chi connectivity index (χ1n) is 6.51. The van der Waals surface area contributed by atoms with Crippen molar-refractivity contribution in [3.63, 3.8) is 0 Å². The highest BCUT2D eigenvalue weighted by Gasteiger charge is 2.07. The van der Waals surface area contributed by atoms with Gasteiger partial charge in [-0.1, -0.05) is 35.9 Å². The van der Waals surface area contributed by atoms with Crippen molar-refractivity contribution in [2.24, 2.45) is 0 Å². The summed E-state index contributed by atoms with van der Waals surface area (Å²) in [6.07, 6.45) is 0. The van der Waals surface area contributed by atoms with Gasteiger partial charge in [-0.2, -0.15) is 5.26 Å². The Balaban J connectivity index is 2.03. The van der Waals surface area contributed by atoms with Gasteiger partial charge in [0.15, 0.2) is 0 Å². The van der Waals surface area contributed by atoms with Crippen molar-refractivity contribution in [3.05, 3.63) is 70.5 Å². The third kappa shape index (κ3) is 3.66. The highest BCUT2D eigenvalue weighted by molar-refractivity contribution is 5.32. The molecule has 20 heavy (non-hydrogen) atoms. The Morgan fingerprint density at radius 1 is 1.10 bits per heavy atom. The van der Waals surface area contributed by atoms with Crippen LogP contribution in [0.4, 0.5) is 4.39 Å². The lowest BCUT2D eigenvalue weighted by atomic mass is 10.1. The van der Waals surface area contributed by atoms with Crippen LogP contribution in [-0.2, 0) is 13.1 Å². The molecule has 102 valence electrons. The van der Waals surface area contributed by atoms with E-state index in [-0.39, 0.29) is 5.82 Å². The van der Waals surface area contributed by atoms with Gasteiger partial charge in [-0.15, -0.1) is 0 Å². The molecule has 0 aliphatic heterocycles. The normalized spacial score (nSPS) is 10.6. The molecule has 2 rings (SSSR count). The second kappa shape index (κ2) is 6.31. The lowest BCUT2D eigenvalue weighted by molar-refractivity contribution is 0.313. The van der Waals surface area contributed by atoms with E-state index in [0.717, 1.165) is 6.54 Å². The molecule has 0 aliphatic rings. The number of aryl methyl sites for hydroxylation is 1. The molecule has 0 heterocycles. The van der Waals surface area contributed by atoms with E-state index in [1.165, 1.54) is 17.2 Å². The van der Waals surface area contributed by atoms with E-state index in [4.69, 9.17) is 5.26 Å². The second-order valence-corrected chi connectivity index (χ2v) is 5.08. The summed E-state index contributed by atoms with van der Waals surface area (Å²) in [6.45, 7) is 3.34. The standard InChI is InChI=1S/C17H17FN2/c1-13-3-5-14(6-4-13)11-20(2)12-16-8-7-15(10-19)9-17(16)18/h3-9H,11-12H2,1-2H3. The zero-order valence-electron chi connectivity index (χ0n) is 11.7. The molecule has 0 amide bonds. The Morgan fingerprint density at radius 3 is 2.40 bits per heavy atom. The van der Waals surface area contributed by atoms with E-state index in [1.54, 1.807) is 12.1 Å². The fraction of sp³-hybridized carbons (Fsp3) is 0.235. The predicted molar refractivity (Wildman–Crippen MR) is 77.5 cm³/mol. The van der Waals surface area contributed by atoms with Gasteiger partial charge in [0.05, 0.1) is 11.6 Å². The lowest BCUT2D eigenvalue weighted by Crippen LogP contribution is -2.18. The van der Waals surface area contributed by atoms with Crippen LogP contribution in [0.1, 0.15) is 22.3 Å².